The molecule has 106 valence electrons. The van der Waals surface area contributed by atoms with E-state index in [1.165, 1.54) is 0 Å². The van der Waals surface area contributed by atoms with E-state index in [2.05, 4.69) is 5.10 Å². The van der Waals surface area contributed by atoms with Crippen molar-refractivity contribution in [2.24, 2.45) is 0 Å². The quantitative estimate of drug-likeness (QED) is 0.780. The highest BCUT2D eigenvalue weighted by atomic mass is 16.1. The molecule has 1 heterocycles. The smallest absolute Gasteiger partial charge is 0.267 e. The minimum absolute atomic E-state index is 0.0253. The molecule has 0 amide bonds. The van der Waals surface area contributed by atoms with Crippen LogP contribution in [0.4, 0.5) is 0 Å². The molecule has 3 aromatic rings. The molecule has 1 N–H and O–H groups in total. The molecular weight excluding hydrogens is 260 g/mol. The molecular formula is C18H18N2O. The van der Waals surface area contributed by atoms with Crippen molar-refractivity contribution in [2.45, 2.75) is 19.4 Å². The third-order valence-corrected chi connectivity index (χ3v) is 3.84. The average molecular weight is 278 g/mol. The second-order valence-corrected chi connectivity index (χ2v) is 5.63. The van der Waals surface area contributed by atoms with Crippen LogP contribution in [0.3, 0.4) is 0 Å². The second-order valence-electron chi connectivity index (χ2n) is 5.63. The minimum Gasteiger partial charge on any atom is -0.294 e. The first-order valence-electron chi connectivity index (χ1n) is 7.02. The van der Waals surface area contributed by atoms with Gasteiger partial charge in [0, 0.05) is 6.07 Å². The van der Waals surface area contributed by atoms with Crippen LogP contribution in [-0.4, -0.2) is 9.78 Å². The van der Waals surface area contributed by atoms with Gasteiger partial charge in [-0.3, -0.25) is 9.89 Å². The third kappa shape index (κ3) is 2.42. The van der Waals surface area contributed by atoms with Gasteiger partial charge in [-0.1, -0.05) is 60.7 Å². The van der Waals surface area contributed by atoms with Gasteiger partial charge in [0.1, 0.15) is 0 Å². The lowest BCUT2D eigenvalue weighted by atomic mass is 9.95. The number of aromatic nitrogens is 2. The summed E-state index contributed by atoms with van der Waals surface area (Å²) >= 11 is 0. The molecule has 0 saturated heterocycles. The molecule has 0 saturated carbocycles. The van der Waals surface area contributed by atoms with E-state index in [-0.39, 0.29) is 5.56 Å². The lowest BCUT2D eigenvalue weighted by Gasteiger charge is -2.26. The zero-order valence-corrected chi connectivity index (χ0v) is 12.2. The molecule has 3 rings (SSSR count). The normalized spacial score (nSPS) is 11.5. The summed E-state index contributed by atoms with van der Waals surface area (Å²) in [6.07, 6.45) is 0. The monoisotopic (exact) mass is 278 g/mol. The molecule has 0 fully saturated rings. The van der Waals surface area contributed by atoms with Gasteiger partial charge in [-0.15, -0.1) is 0 Å². The Labute approximate surface area is 123 Å². The van der Waals surface area contributed by atoms with Crippen molar-refractivity contribution in [1.29, 1.82) is 0 Å². The van der Waals surface area contributed by atoms with Gasteiger partial charge in [0.2, 0.25) is 0 Å². The van der Waals surface area contributed by atoms with Crippen LogP contribution in [0.2, 0.25) is 0 Å². The first-order valence-corrected chi connectivity index (χ1v) is 7.02. The van der Waals surface area contributed by atoms with E-state index in [9.17, 15) is 4.79 Å². The Kier molecular flexibility index (Phi) is 3.26. The Morgan fingerprint density at radius 1 is 0.905 bits per heavy atom. The number of H-pyrrole nitrogens is 1. The van der Waals surface area contributed by atoms with Gasteiger partial charge >= 0.3 is 0 Å². The average Bonchev–Trinajstić information content (AvgIpc) is 2.92. The van der Waals surface area contributed by atoms with Crippen molar-refractivity contribution < 1.29 is 0 Å². The Hall–Kier alpha value is -2.55. The van der Waals surface area contributed by atoms with E-state index in [4.69, 9.17) is 0 Å². The molecule has 3 nitrogen and oxygen atoms in total. The Morgan fingerprint density at radius 3 is 2.10 bits per heavy atom. The maximum absolute atomic E-state index is 12.4. The summed E-state index contributed by atoms with van der Waals surface area (Å²) < 4.78 is 1.69. The first-order chi connectivity index (χ1) is 10.1. The summed E-state index contributed by atoms with van der Waals surface area (Å²) in [5.41, 5.74) is 2.49. The van der Waals surface area contributed by atoms with E-state index in [0.29, 0.717) is 0 Å². The summed E-state index contributed by atoms with van der Waals surface area (Å²) in [6.45, 7) is 4.07. The Bertz CT molecular complexity index is 783. The Balaban J connectivity index is 2.08. The minimum atomic E-state index is -0.425. The molecule has 0 aliphatic carbocycles. The van der Waals surface area contributed by atoms with Gasteiger partial charge in [0.05, 0.1) is 11.2 Å². The van der Waals surface area contributed by atoms with Crippen LogP contribution < -0.4 is 5.56 Å². The van der Waals surface area contributed by atoms with Crippen LogP contribution >= 0.6 is 0 Å². The fraction of sp³-hybridized carbons (Fsp3) is 0.167. The van der Waals surface area contributed by atoms with Crippen LogP contribution in [0.15, 0.2) is 71.5 Å². The summed E-state index contributed by atoms with van der Waals surface area (Å²) in [5.74, 6) is 0. The second kappa shape index (κ2) is 5.09. The molecule has 3 heteroatoms. The summed E-state index contributed by atoms with van der Waals surface area (Å²) in [5, 5.41) is 3.24. The number of hydrogen-bond donors (Lipinski definition) is 1. The van der Waals surface area contributed by atoms with E-state index >= 15 is 0 Å². The molecule has 0 atom stereocenters. The molecule has 1 aromatic heterocycles. The number of aromatic amines is 1. The van der Waals surface area contributed by atoms with E-state index < -0.39 is 5.54 Å². The van der Waals surface area contributed by atoms with Crippen molar-refractivity contribution >= 4 is 0 Å². The zero-order chi connectivity index (χ0) is 14.9. The number of nitrogens with zero attached hydrogens (tertiary/aromatic N) is 1. The maximum atomic E-state index is 12.4. The lowest BCUT2D eigenvalue weighted by molar-refractivity contribution is 0.380. The molecule has 0 radical (unpaired) electrons. The van der Waals surface area contributed by atoms with Crippen molar-refractivity contribution in [2.75, 3.05) is 0 Å². The molecule has 0 aliphatic rings. The summed E-state index contributed by atoms with van der Waals surface area (Å²) in [4.78, 5) is 12.4. The molecule has 2 aromatic carbocycles. The molecule has 21 heavy (non-hydrogen) atoms. The lowest BCUT2D eigenvalue weighted by Crippen LogP contribution is -2.36. The van der Waals surface area contributed by atoms with Gasteiger partial charge in [-0.25, -0.2) is 4.68 Å². The van der Waals surface area contributed by atoms with E-state index in [1.54, 1.807) is 10.7 Å². The molecule has 0 bridgehead atoms. The van der Waals surface area contributed by atoms with Crippen LogP contribution in [-0.2, 0) is 5.54 Å². The van der Waals surface area contributed by atoms with Gasteiger partial charge < -0.3 is 0 Å². The number of benzene rings is 2. The largest absolute Gasteiger partial charge is 0.294 e. The fourth-order valence-electron chi connectivity index (χ4n) is 2.55. The van der Waals surface area contributed by atoms with E-state index in [1.807, 2.05) is 74.5 Å². The maximum Gasteiger partial charge on any atom is 0.267 e. The number of hydrogen-bond acceptors (Lipinski definition) is 1. The topological polar surface area (TPSA) is 37.8 Å². The first kappa shape index (κ1) is 13.4. The van der Waals surface area contributed by atoms with Crippen LogP contribution in [0, 0.1) is 0 Å². The predicted molar refractivity (Wildman–Crippen MR) is 85.4 cm³/mol. The molecule has 0 unspecified atom stereocenters. The molecule has 0 aliphatic heterocycles. The van der Waals surface area contributed by atoms with Crippen molar-refractivity contribution in [3.8, 4) is 11.3 Å². The van der Waals surface area contributed by atoms with Gasteiger partial charge in [-0.2, -0.15) is 0 Å². The number of rotatable bonds is 3. The Morgan fingerprint density at radius 2 is 1.48 bits per heavy atom. The van der Waals surface area contributed by atoms with Gasteiger partial charge in [0.15, 0.2) is 0 Å². The number of nitrogens with one attached hydrogen (secondary N) is 1. The summed E-state index contributed by atoms with van der Waals surface area (Å²) in [6, 6.07) is 21.6. The van der Waals surface area contributed by atoms with Crippen molar-refractivity contribution in [3.63, 3.8) is 0 Å². The van der Waals surface area contributed by atoms with Crippen LogP contribution in [0.1, 0.15) is 19.4 Å². The highest BCUT2D eigenvalue weighted by molar-refractivity contribution is 5.58. The van der Waals surface area contributed by atoms with Crippen molar-refractivity contribution in [3.05, 3.63) is 82.6 Å². The standard InChI is InChI=1S/C18H18N2O/c1-18(2,15-11-7-4-8-12-15)20-17(21)13-16(19-20)14-9-5-3-6-10-14/h3-13,19H,1-2H3. The molecule has 0 spiro atoms. The zero-order valence-electron chi connectivity index (χ0n) is 12.2. The van der Waals surface area contributed by atoms with Crippen LogP contribution in [0.5, 0.6) is 0 Å². The van der Waals surface area contributed by atoms with E-state index in [0.717, 1.165) is 16.8 Å². The van der Waals surface area contributed by atoms with Gasteiger partial charge in [-0.05, 0) is 25.0 Å². The third-order valence-electron chi connectivity index (χ3n) is 3.84. The summed E-state index contributed by atoms with van der Waals surface area (Å²) in [7, 11) is 0. The predicted octanol–water partition coefficient (Wildman–Crippen LogP) is 3.63. The SMILES string of the molecule is CC(C)(c1ccccc1)n1[nH]c(-c2ccccc2)cc1=O. The van der Waals surface area contributed by atoms with Crippen molar-refractivity contribution in [1.82, 2.24) is 9.78 Å². The highest BCUT2D eigenvalue weighted by Gasteiger charge is 2.25. The van der Waals surface area contributed by atoms with Gasteiger partial charge in [0.25, 0.3) is 5.56 Å². The van der Waals surface area contributed by atoms with Crippen LogP contribution in [0.25, 0.3) is 11.3 Å². The fourth-order valence-corrected chi connectivity index (χ4v) is 2.55. The highest BCUT2D eigenvalue weighted by Crippen LogP contribution is 2.24.